The summed E-state index contributed by atoms with van der Waals surface area (Å²) < 4.78 is 28.3. The summed E-state index contributed by atoms with van der Waals surface area (Å²) in [5, 5.41) is 0. The minimum atomic E-state index is -2.86. The first kappa shape index (κ1) is 14.2. The molecule has 2 aromatic carbocycles. The molecule has 0 fully saturated rings. The number of rotatable bonds is 5. The number of halogens is 2. The third-order valence-electron chi connectivity index (χ3n) is 3.01. The molecule has 20 heavy (non-hydrogen) atoms. The van der Waals surface area contributed by atoms with Crippen molar-refractivity contribution in [2.24, 2.45) is 0 Å². The van der Waals surface area contributed by atoms with Gasteiger partial charge in [0.1, 0.15) is 5.75 Å². The maximum absolute atomic E-state index is 12.1. The van der Waals surface area contributed by atoms with Gasteiger partial charge in [-0.25, -0.2) is 0 Å². The van der Waals surface area contributed by atoms with E-state index in [0.717, 1.165) is 11.1 Å². The number of alkyl halides is 2. The van der Waals surface area contributed by atoms with Crippen molar-refractivity contribution in [2.45, 2.75) is 20.0 Å². The summed E-state index contributed by atoms with van der Waals surface area (Å²) in [7, 11) is 0. The summed E-state index contributed by atoms with van der Waals surface area (Å²) in [4.78, 5) is 12.1. The van der Waals surface area contributed by atoms with Crippen molar-refractivity contribution in [1.82, 2.24) is 0 Å². The molecule has 4 heteroatoms. The number of hydrogen-bond donors (Lipinski definition) is 0. The topological polar surface area (TPSA) is 26.3 Å². The molecule has 0 bridgehead atoms. The monoisotopic (exact) mass is 276 g/mol. The summed E-state index contributed by atoms with van der Waals surface area (Å²) in [6.07, 6.45) is 0.293. The van der Waals surface area contributed by atoms with Crippen LogP contribution in [0.15, 0.2) is 48.5 Å². The van der Waals surface area contributed by atoms with Crippen LogP contribution in [-0.2, 0) is 6.42 Å². The summed E-state index contributed by atoms with van der Waals surface area (Å²) in [6.45, 7) is -0.911. The average Bonchev–Trinajstić information content (AvgIpc) is 2.41. The van der Waals surface area contributed by atoms with Gasteiger partial charge in [-0.3, -0.25) is 4.79 Å². The Morgan fingerprint density at radius 2 is 1.75 bits per heavy atom. The Kier molecular flexibility index (Phi) is 4.45. The number of benzene rings is 2. The molecule has 0 saturated heterocycles. The molecule has 0 atom stereocenters. The van der Waals surface area contributed by atoms with Gasteiger partial charge in [-0.1, -0.05) is 24.3 Å². The summed E-state index contributed by atoms with van der Waals surface area (Å²) in [6, 6.07) is 13.4. The van der Waals surface area contributed by atoms with Gasteiger partial charge >= 0.3 is 6.61 Å². The van der Waals surface area contributed by atoms with Crippen molar-refractivity contribution >= 4 is 5.78 Å². The molecule has 2 rings (SSSR count). The molecule has 0 spiro atoms. The Morgan fingerprint density at radius 1 is 1.10 bits per heavy atom. The van der Waals surface area contributed by atoms with Crippen LogP contribution in [-0.4, -0.2) is 12.4 Å². The number of carbonyl (C=O) groups excluding carboxylic acids is 1. The van der Waals surface area contributed by atoms with Crippen molar-refractivity contribution in [1.29, 1.82) is 0 Å². The van der Waals surface area contributed by atoms with Crippen LogP contribution in [0.5, 0.6) is 5.75 Å². The van der Waals surface area contributed by atoms with Gasteiger partial charge in [0.05, 0.1) is 0 Å². The van der Waals surface area contributed by atoms with Crippen molar-refractivity contribution in [3.8, 4) is 5.75 Å². The fraction of sp³-hybridized carbons (Fsp3) is 0.188. The van der Waals surface area contributed by atoms with E-state index in [2.05, 4.69) is 4.74 Å². The molecule has 0 radical (unpaired) electrons. The average molecular weight is 276 g/mol. The van der Waals surface area contributed by atoms with Crippen molar-refractivity contribution in [3.05, 3.63) is 65.2 Å². The first-order chi connectivity index (χ1) is 9.56. The highest BCUT2D eigenvalue weighted by molar-refractivity contribution is 5.97. The minimum absolute atomic E-state index is 0.0486. The van der Waals surface area contributed by atoms with Crippen LogP contribution < -0.4 is 4.74 Å². The van der Waals surface area contributed by atoms with Crippen LogP contribution in [0.25, 0.3) is 0 Å². The lowest BCUT2D eigenvalue weighted by Gasteiger charge is -2.07. The highest BCUT2D eigenvalue weighted by Gasteiger charge is 2.10. The maximum Gasteiger partial charge on any atom is 0.387 e. The van der Waals surface area contributed by atoms with Gasteiger partial charge in [0.15, 0.2) is 5.78 Å². The molecule has 0 N–H and O–H groups in total. The lowest BCUT2D eigenvalue weighted by molar-refractivity contribution is -0.0498. The molecule has 104 valence electrons. The highest BCUT2D eigenvalue weighted by Crippen LogP contribution is 2.17. The predicted molar refractivity (Wildman–Crippen MR) is 72.3 cm³/mol. The van der Waals surface area contributed by atoms with Gasteiger partial charge in [0.2, 0.25) is 0 Å². The van der Waals surface area contributed by atoms with Gasteiger partial charge in [-0.05, 0) is 42.3 Å². The molecule has 0 amide bonds. The Bertz CT molecular complexity index is 592. The minimum Gasteiger partial charge on any atom is -0.435 e. The zero-order valence-corrected chi connectivity index (χ0v) is 11.0. The van der Waals surface area contributed by atoms with E-state index in [9.17, 15) is 13.6 Å². The lowest BCUT2D eigenvalue weighted by Crippen LogP contribution is -2.06. The van der Waals surface area contributed by atoms with Gasteiger partial charge in [0, 0.05) is 12.0 Å². The predicted octanol–water partition coefficient (Wildman–Crippen LogP) is 4.02. The van der Waals surface area contributed by atoms with Crippen LogP contribution in [0.2, 0.25) is 0 Å². The van der Waals surface area contributed by atoms with Crippen LogP contribution in [0.3, 0.4) is 0 Å². The van der Waals surface area contributed by atoms with Crippen LogP contribution in [0, 0.1) is 6.92 Å². The quantitative estimate of drug-likeness (QED) is 0.771. The first-order valence-corrected chi connectivity index (χ1v) is 6.19. The Morgan fingerprint density at radius 3 is 2.35 bits per heavy atom. The van der Waals surface area contributed by atoms with Crippen molar-refractivity contribution in [2.75, 3.05) is 0 Å². The smallest absolute Gasteiger partial charge is 0.387 e. The number of hydrogen-bond acceptors (Lipinski definition) is 2. The van der Waals surface area contributed by atoms with Gasteiger partial charge in [0.25, 0.3) is 0 Å². The molecule has 0 aromatic heterocycles. The summed E-state index contributed by atoms with van der Waals surface area (Å²) >= 11 is 0. The van der Waals surface area contributed by atoms with E-state index in [-0.39, 0.29) is 11.5 Å². The van der Waals surface area contributed by atoms with Crippen LogP contribution >= 0.6 is 0 Å². The van der Waals surface area contributed by atoms with E-state index in [0.29, 0.717) is 12.0 Å². The molecular weight excluding hydrogens is 262 g/mol. The number of carbonyl (C=O) groups is 1. The standard InChI is InChI=1S/C16H14F2O2/c1-11-4-2-3-5-13(11)10-15(19)12-6-8-14(9-7-12)20-16(17)18/h2-9,16H,10H2,1H3. The summed E-state index contributed by atoms with van der Waals surface area (Å²) in [5.41, 5.74) is 2.50. The summed E-state index contributed by atoms with van der Waals surface area (Å²) in [5.74, 6) is -0.00432. The fourth-order valence-corrected chi connectivity index (χ4v) is 1.91. The second-order valence-electron chi connectivity index (χ2n) is 4.43. The second kappa shape index (κ2) is 6.28. The van der Waals surface area contributed by atoms with E-state index in [1.165, 1.54) is 24.3 Å². The second-order valence-corrected chi connectivity index (χ2v) is 4.43. The zero-order chi connectivity index (χ0) is 14.5. The van der Waals surface area contributed by atoms with Crippen molar-refractivity contribution in [3.63, 3.8) is 0 Å². The number of Topliss-reactive ketones (excluding diaryl/α,β-unsaturated/α-hetero) is 1. The maximum atomic E-state index is 12.1. The third-order valence-corrected chi connectivity index (χ3v) is 3.01. The van der Waals surface area contributed by atoms with E-state index >= 15 is 0 Å². The van der Waals surface area contributed by atoms with Gasteiger partial charge in [-0.15, -0.1) is 0 Å². The molecule has 2 nitrogen and oxygen atoms in total. The molecule has 2 aromatic rings. The number of ether oxygens (including phenoxy) is 1. The van der Waals surface area contributed by atoms with Crippen molar-refractivity contribution < 1.29 is 18.3 Å². The molecule has 0 saturated carbocycles. The Balaban J connectivity index is 2.08. The molecule has 0 aliphatic heterocycles. The van der Waals surface area contributed by atoms with Crippen LogP contribution in [0.1, 0.15) is 21.5 Å². The first-order valence-electron chi connectivity index (χ1n) is 6.19. The van der Waals surface area contributed by atoms with E-state index < -0.39 is 6.61 Å². The normalized spacial score (nSPS) is 10.6. The molecule has 0 aliphatic carbocycles. The van der Waals surface area contributed by atoms with Crippen LogP contribution in [0.4, 0.5) is 8.78 Å². The molecular formula is C16H14F2O2. The van der Waals surface area contributed by atoms with Gasteiger partial charge in [-0.2, -0.15) is 8.78 Å². The van der Waals surface area contributed by atoms with E-state index in [1.807, 2.05) is 31.2 Å². The largest absolute Gasteiger partial charge is 0.435 e. The van der Waals surface area contributed by atoms with E-state index in [4.69, 9.17) is 0 Å². The van der Waals surface area contributed by atoms with Gasteiger partial charge < -0.3 is 4.74 Å². The molecule has 0 heterocycles. The third kappa shape index (κ3) is 3.63. The SMILES string of the molecule is Cc1ccccc1CC(=O)c1ccc(OC(F)F)cc1. The fourth-order valence-electron chi connectivity index (χ4n) is 1.91. The number of aryl methyl sites for hydroxylation is 1. The Labute approximate surface area is 116 Å². The zero-order valence-electron chi connectivity index (χ0n) is 11.0. The highest BCUT2D eigenvalue weighted by atomic mass is 19.3. The molecule has 0 unspecified atom stereocenters. The molecule has 0 aliphatic rings. The van der Waals surface area contributed by atoms with E-state index in [1.54, 1.807) is 0 Å². The lowest BCUT2D eigenvalue weighted by atomic mass is 9.99. The number of ketones is 1. The Hall–Kier alpha value is -2.23.